The van der Waals surface area contributed by atoms with E-state index in [1.807, 2.05) is 25.3 Å². The van der Waals surface area contributed by atoms with E-state index >= 15 is 0 Å². The lowest BCUT2D eigenvalue weighted by Crippen LogP contribution is -1.95. The van der Waals surface area contributed by atoms with Crippen molar-refractivity contribution in [3.05, 3.63) is 52.7 Å². The van der Waals surface area contributed by atoms with Crippen LogP contribution in [-0.2, 0) is 6.42 Å². The molecule has 0 aliphatic heterocycles. The normalized spacial score (nSPS) is 11.2. The van der Waals surface area contributed by atoms with Gasteiger partial charge in [0.15, 0.2) is 0 Å². The minimum atomic E-state index is 0.543. The van der Waals surface area contributed by atoms with Gasteiger partial charge >= 0.3 is 0 Å². The van der Waals surface area contributed by atoms with Crippen LogP contribution in [0, 0.1) is 13.8 Å². The van der Waals surface area contributed by atoms with Crippen LogP contribution >= 0.6 is 11.6 Å². The molecule has 3 aromatic rings. The lowest BCUT2D eigenvalue weighted by atomic mass is 10.0. The number of nitrogens with zero attached hydrogens (tertiary/aromatic N) is 3. The SMILES string of the molecule is CCc1nc(Cl)ccc1-c1cc(C)c2nc(C)cn2c1. The second kappa shape index (κ2) is 4.91. The van der Waals surface area contributed by atoms with Gasteiger partial charge in [0, 0.05) is 29.2 Å². The first-order valence-corrected chi connectivity index (χ1v) is 7.08. The molecule has 0 atom stereocenters. The molecule has 0 fully saturated rings. The highest BCUT2D eigenvalue weighted by atomic mass is 35.5. The van der Waals surface area contributed by atoms with E-state index in [0.717, 1.165) is 40.1 Å². The molecule has 0 N–H and O–H groups in total. The molecule has 3 nitrogen and oxygen atoms in total. The fraction of sp³-hybridized carbons (Fsp3) is 0.250. The van der Waals surface area contributed by atoms with Crippen LogP contribution in [0.15, 0.2) is 30.6 Å². The van der Waals surface area contributed by atoms with Crippen LogP contribution in [-0.4, -0.2) is 14.4 Å². The predicted molar refractivity (Wildman–Crippen MR) is 82.3 cm³/mol. The fourth-order valence-corrected chi connectivity index (χ4v) is 2.71. The van der Waals surface area contributed by atoms with Crippen LogP contribution < -0.4 is 0 Å². The topological polar surface area (TPSA) is 30.2 Å². The molecule has 20 heavy (non-hydrogen) atoms. The smallest absolute Gasteiger partial charge is 0.139 e. The second-order valence-corrected chi connectivity index (χ2v) is 5.39. The number of imidazole rings is 1. The first kappa shape index (κ1) is 13.1. The number of pyridine rings is 2. The van der Waals surface area contributed by atoms with Crippen molar-refractivity contribution in [2.75, 3.05) is 0 Å². The van der Waals surface area contributed by atoms with Crippen molar-refractivity contribution in [1.29, 1.82) is 0 Å². The molecule has 4 heteroatoms. The Morgan fingerprint density at radius 3 is 2.70 bits per heavy atom. The molecular formula is C16H16ClN3. The third kappa shape index (κ3) is 2.18. The molecule has 0 radical (unpaired) electrons. The number of rotatable bonds is 2. The Labute approximate surface area is 123 Å². The monoisotopic (exact) mass is 285 g/mol. The molecule has 0 saturated heterocycles. The summed E-state index contributed by atoms with van der Waals surface area (Å²) in [6, 6.07) is 6.04. The molecule has 0 amide bonds. The van der Waals surface area contributed by atoms with Gasteiger partial charge in [-0.3, -0.25) is 0 Å². The Balaban J connectivity index is 2.24. The van der Waals surface area contributed by atoms with Crippen molar-refractivity contribution in [3.63, 3.8) is 0 Å². The zero-order valence-electron chi connectivity index (χ0n) is 11.8. The molecule has 3 heterocycles. The van der Waals surface area contributed by atoms with E-state index < -0.39 is 0 Å². The van der Waals surface area contributed by atoms with E-state index in [-0.39, 0.29) is 0 Å². The predicted octanol–water partition coefficient (Wildman–Crippen LogP) is 4.23. The lowest BCUT2D eigenvalue weighted by Gasteiger charge is -2.09. The number of hydrogen-bond acceptors (Lipinski definition) is 2. The standard InChI is InChI=1S/C16H16ClN3/c1-4-14-13(5-6-15(17)19-14)12-7-10(2)16-18-11(3)8-20(16)9-12/h5-9H,4H2,1-3H3. The Morgan fingerprint density at radius 1 is 1.15 bits per heavy atom. The van der Waals surface area contributed by atoms with Gasteiger partial charge in [-0.1, -0.05) is 18.5 Å². The third-order valence-electron chi connectivity index (χ3n) is 3.44. The Morgan fingerprint density at radius 2 is 1.95 bits per heavy atom. The van der Waals surface area contributed by atoms with E-state index in [2.05, 4.69) is 40.5 Å². The number of aromatic nitrogens is 3. The lowest BCUT2D eigenvalue weighted by molar-refractivity contribution is 1.04. The van der Waals surface area contributed by atoms with Crippen molar-refractivity contribution in [1.82, 2.24) is 14.4 Å². The van der Waals surface area contributed by atoms with Gasteiger partial charge in [-0.05, 0) is 44.0 Å². The van der Waals surface area contributed by atoms with Gasteiger partial charge in [0.25, 0.3) is 0 Å². The van der Waals surface area contributed by atoms with E-state index in [4.69, 9.17) is 11.6 Å². The summed E-state index contributed by atoms with van der Waals surface area (Å²) in [5.41, 5.74) is 6.49. The maximum Gasteiger partial charge on any atom is 0.139 e. The maximum atomic E-state index is 5.99. The van der Waals surface area contributed by atoms with Crippen LogP contribution in [0.2, 0.25) is 5.15 Å². The van der Waals surface area contributed by atoms with Crippen LogP contribution in [0.25, 0.3) is 16.8 Å². The minimum absolute atomic E-state index is 0.543. The van der Waals surface area contributed by atoms with Crippen LogP contribution in [0.4, 0.5) is 0 Å². The number of hydrogen-bond donors (Lipinski definition) is 0. The molecule has 3 rings (SSSR count). The van der Waals surface area contributed by atoms with Crippen LogP contribution in [0.5, 0.6) is 0 Å². The fourth-order valence-electron chi connectivity index (χ4n) is 2.55. The quantitative estimate of drug-likeness (QED) is 0.660. The minimum Gasteiger partial charge on any atom is -0.306 e. The Bertz CT molecular complexity index is 790. The van der Waals surface area contributed by atoms with Crippen LogP contribution in [0.3, 0.4) is 0 Å². The zero-order chi connectivity index (χ0) is 14.3. The van der Waals surface area contributed by atoms with E-state index in [0.29, 0.717) is 5.15 Å². The Kier molecular flexibility index (Phi) is 3.22. The van der Waals surface area contributed by atoms with Gasteiger partial charge in [0.1, 0.15) is 10.8 Å². The second-order valence-electron chi connectivity index (χ2n) is 5.01. The van der Waals surface area contributed by atoms with Crippen molar-refractivity contribution in [2.24, 2.45) is 0 Å². The van der Waals surface area contributed by atoms with Crippen molar-refractivity contribution < 1.29 is 0 Å². The van der Waals surface area contributed by atoms with Gasteiger partial charge in [-0.2, -0.15) is 0 Å². The highest BCUT2D eigenvalue weighted by molar-refractivity contribution is 6.29. The first-order chi connectivity index (χ1) is 9.58. The molecule has 102 valence electrons. The van der Waals surface area contributed by atoms with E-state index in [1.54, 1.807) is 0 Å². The molecule has 3 aromatic heterocycles. The number of aryl methyl sites for hydroxylation is 3. The highest BCUT2D eigenvalue weighted by Gasteiger charge is 2.10. The van der Waals surface area contributed by atoms with Crippen molar-refractivity contribution in [2.45, 2.75) is 27.2 Å². The number of fused-ring (bicyclic) bond motifs is 1. The average molecular weight is 286 g/mol. The largest absolute Gasteiger partial charge is 0.306 e. The van der Waals surface area contributed by atoms with Gasteiger partial charge < -0.3 is 4.40 Å². The Hall–Kier alpha value is -1.87. The van der Waals surface area contributed by atoms with Crippen LogP contribution in [0.1, 0.15) is 23.9 Å². The first-order valence-electron chi connectivity index (χ1n) is 6.70. The summed E-state index contributed by atoms with van der Waals surface area (Å²) in [5, 5.41) is 0.543. The molecule has 0 aliphatic rings. The van der Waals surface area contributed by atoms with Gasteiger partial charge in [-0.15, -0.1) is 0 Å². The summed E-state index contributed by atoms with van der Waals surface area (Å²) in [4.78, 5) is 8.95. The van der Waals surface area contributed by atoms with Crippen molar-refractivity contribution >= 4 is 17.2 Å². The molecule has 0 saturated carbocycles. The highest BCUT2D eigenvalue weighted by Crippen LogP contribution is 2.27. The van der Waals surface area contributed by atoms with Gasteiger partial charge in [-0.25, -0.2) is 9.97 Å². The summed E-state index contributed by atoms with van der Waals surface area (Å²) in [6.07, 6.45) is 5.00. The summed E-state index contributed by atoms with van der Waals surface area (Å²) in [5.74, 6) is 0. The molecular weight excluding hydrogens is 270 g/mol. The zero-order valence-corrected chi connectivity index (χ0v) is 12.6. The molecule has 0 spiro atoms. The summed E-state index contributed by atoms with van der Waals surface area (Å²) in [7, 11) is 0. The van der Waals surface area contributed by atoms with E-state index in [9.17, 15) is 0 Å². The number of halogens is 1. The summed E-state index contributed by atoms with van der Waals surface area (Å²) < 4.78 is 2.08. The molecule has 0 aromatic carbocycles. The average Bonchev–Trinajstić information content (AvgIpc) is 2.79. The molecule has 0 aliphatic carbocycles. The summed E-state index contributed by atoms with van der Waals surface area (Å²) in [6.45, 7) is 6.18. The molecule has 0 unspecified atom stereocenters. The maximum absolute atomic E-state index is 5.99. The summed E-state index contributed by atoms with van der Waals surface area (Å²) >= 11 is 5.99. The van der Waals surface area contributed by atoms with Gasteiger partial charge in [0.05, 0.1) is 5.69 Å². The van der Waals surface area contributed by atoms with E-state index in [1.165, 1.54) is 0 Å². The van der Waals surface area contributed by atoms with Crippen molar-refractivity contribution in [3.8, 4) is 11.1 Å². The molecule has 0 bridgehead atoms. The third-order valence-corrected chi connectivity index (χ3v) is 3.65. The van der Waals surface area contributed by atoms with Gasteiger partial charge in [0.2, 0.25) is 0 Å².